The number of ether oxygens (including phenoxy) is 1. The fourth-order valence-corrected chi connectivity index (χ4v) is 2.80. The molecular formula is C12H23N3O2. The van der Waals surface area contributed by atoms with Crippen LogP contribution in [0.3, 0.4) is 0 Å². The molecule has 17 heavy (non-hydrogen) atoms. The van der Waals surface area contributed by atoms with E-state index in [4.69, 9.17) is 4.74 Å². The molecule has 0 spiro atoms. The third-order valence-electron chi connectivity index (χ3n) is 3.95. The van der Waals surface area contributed by atoms with Gasteiger partial charge in [-0.25, -0.2) is 0 Å². The van der Waals surface area contributed by atoms with Crippen LogP contribution < -0.4 is 10.6 Å². The monoisotopic (exact) mass is 241 g/mol. The molecule has 98 valence electrons. The highest BCUT2D eigenvalue weighted by Gasteiger charge is 2.39. The summed E-state index contributed by atoms with van der Waals surface area (Å²) in [5.74, 6) is 1.60. The Bertz CT molecular complexity index is 260. The van der Waals surface area contributed by atoms with Crippen LogP contribution in [0.1, 0.15) is 6.92 Å². The van der Waals surface area contributed by atoms with Crippen LogP contribution in [-0.4, -0.2) is 63.3 Å². The van der Waals surface area contributed by atoms with E-state index in [1.807, 2.05) is 6.92 Å². The highest BCUT2D eigenvalue weighted by Crippen LogP contribution is 2.27. The second-order valence-electron chi connectivity index (χ2n) is 5.09. The summed E-state index contributed by atoms with van der Waals surface area (Å²) in [4.78, 5) is 14.2. The van der Waals surface area contributed by atoms with Gasteiger partial charge in [-0.1, -0.05) is 0 Å². The average molecular weight is 241 g/mol. The number of hydrogen-bond acceptors (Lipinski definition) is 4. The van der Waals surface area contributed by atoms with E-state index in [0.29, 0.717) is 13.2 Å². The second kappa shape index (κ2) is 5.80. The van der Waals surface area contributed by atoms with Gasteiger partial charge < -0.3 is 15.4 Å². The van der Waals surface area contributed by atoms with Crippen LogP contribution in [-0.2, 0) is 9.53 Å². The molecule has 1 amide bonds. The van der Waals surface area contributed by atoms with Gasteiger partial charge >= 0.3 is 0 Å². The molecule has 2 rings (SSSR count). The normalized spacial score (nSPS) is 30.2. The molecule has 5 heteroatoms. The lowest BCUT2D eigenvalue weighted by molar-refractivity contribution is -0.125. The van der Waals surface area contributed by atoms with Gasteiger partial charge in [0.05, 0.1) is 12.6 Å². The number of nitrogens with one attached hydrogen (secondary N) is 2. The first-order valence-corrected chi connectivity index (χ1v) is 6.43. The Morgan fingerprint density at radius 1 is 1.47 bits per heavy atom. The molecule has 0 aliphatic carbocycles. The van der Waals surface area contributed by atoms with E-state index in [2.05, 4.69) is 15.5 Å². The van der Waals surface area contributed by atoms with Gasteiger partial charge in [-0.2, -0.15) is 0 Å². The second-order valence-corrected chi connectivity index (χ2v) is 5.09. The van der Waals surface area contributed by atoms with E-state index in [-0.39, 0.29) is 11.9 Å². The number of nitrogens with zero attached hydrogens (tertiary/aromatic N) is 1. The zero-order chi connectivity index (χ0) is 12.3. The largest absolute Gasteiger partial charge is 0.383 e. The lowest BCUT2D eigenvalue weighted by Gasteiger charge is -2.24. The number of amides is 1. The van der Waals surface area contributed by atoms with Gasteiger partial charge in [0.25, 0.3) is 0 Å². The van der Waals surface area contributed by atoms with Gasteiger partial charge in [-0.05, 0) is 31.8 Å². The minimum atomic E-state index is -0.0162. The molecule has 0 aromatic carbocycles. The number of methoxy groups -OCH3 is 1. The van der Waals surface area contributed by atoms with Gasteiger partial charge in [0.2, 0.25) is 5.91 Å². The minimum absolute atomic E-state index is 0.0162. The summed E-state index contributed by atoms with van der Waals surface area (Å²) in [5, 5.41) is 6.32. The first kappa shape index (κ1) is 12.8. The van der Waals surface area contributed by atoms with Crippen LogP contribution in [0.5, 0.6) is 0 Å². The molecule has 2 N–H and O–H groups in total. The Balaban J connectivity index is 1.76. The van der Waals surface area contributed by atoms with E-state index >= 15 is 0 Å². The molecule has 2 aliphatic rings. The molecular weight excluding hydrogens is 218 g/mol. The fourth-order valence-electron chi connectivity index (χ4n) is 2.80. The predicted molar refractivity (Wildman–Crippen MR) is 65.8 cm³/mol. The molecule has 2 aliphatic heterocycles. The van der Waals surface area contributed by atoms with Gasteiger partial charge in [-0.15, -0.1) is 0 Å². The maximum absolute atomic E-state index is 11.9. The van der Waals surface area contributed by atoms with Crippen molar-refractivity contribution in [2.45, 2.75) is 13.0 Å². The molecule has 0 aromatic heterocycles. The number of hydrogen-bond donors (Lipinski definition) is 2. The van der Waals surface area contributed by atoms with E-state index in [1.165, 1.54) is 0 Å². The van der Waals surface area contributed by atoms with Crippen LogP contribution in [0.4, 0.5) is 0 Å². The van der Waals surface area contributed by atoms with Gasteiger partial charge in [0.1, 0.15) is 0 Å². The summed E-state index contributed by atoms with van der Waals surface area (Å²) in [6, 6.07) is -0.0162. The first-order valence-electron chi connectivity index (χ1n) is 6.43. The molecule has 0 aromatic rings. The molecule has 0 saturated carbocycles. The fraction of sp³-hybridized carbons (Fsp3) is 0.917. The van der Waals surface area contributed by atoms with E-state index < -0.39 is 0 Å². The number of fused-ring (bicyclic) bond motifs is 1. The number of carbonyl (C=O) groups excluding carboxylic acids is 1. The molecule has 2 fully saturated rings. The molecule has 5 nitrogen and oxygen atoms in total. The zero-order valence-electron chi connectivity index (χ0n) is 10.7. The Kier molecular flexibility index (Phi) is 4.36. The Labute approximate surface area is 103 Å². The summed E-state index contributed by atoms with van der Waals surface area (Å²) in [6.45, 7) is 7.50. The lowest BCUT2D eigenvalue weighted by Crippen LogP contribution is -2.45. The topological polar surface area (TPSA) is 53.6 Å². The van der Waals surface area contributed by atoms with Crippen molar-refractivity contribution in [3.63, 3.8) is 0 Å². The van der Waals surface area contributed by atoms with Crippen molar-refractivity contribution in [2.75, 3.05) is 46.4 Å². The minimum Gasteiger partial charge on any atom is -0.383 e. The summed E-state index contributed by atoms with van der Waals surface area (Å²) in [5.41, 5.74) is 0. The Hall–Kier alpha value is -0.650. The SMILES string of the molecule is COCCNC(=O)C(C)N1CC2CNCC2C1. The van der Waals surface area contributed by atoms with Crippen molar-refractivity contribution >= 4 is 5.91 Å². The van der Waals surface area contributed by atoms with Crippen LogP contribution >= 0.6 is 0 Å². The van der Waals surface area contributed by atoms with Crippen LogP contribution in [0.15, 0.2) is 0 Å². The van der Waals surface area contributed by atoms with Gasteiger partial charge in [0.15, 0.2) is 0 Å². The van der Waals surface area contributed by atoms with Crippen LogP contribution in [0.2, 0.25) is 0 Å². The van der Waals surface area contributed by atoms with Crippen molar-refractivity contribution in [3.05, 3.63) is 0 Å². The molecule has 2 heterocycles. The van der Waals surface area contributed by atoms with Crippen molar-refractivity contribution in [1.82, 2.24) is 15.5 Å². The number of carbonyl (C=O) groups is 1. The maximum Gasteiger partial charge on any atom is 0.237 e. The highest BCUT2D eigenvalue weighted by atomic mass is 16.5. The zero-order valence-corrected chi connectivity index (χ0v) is 10.7. The molecule has 2 saturated heterocycles. The molecule has 0 radical (unpaired) electrons. The molecule has 0 bridgehead atoms. The predicted octanol–water partition coefficient (Wildman–Crippen LogP) is -0.711. The lowest BCUT2D eigenvalue weighted by atomic mass is 10.0. The van der Waals surface area contributed by atoms with E-state index in [1.54, 1.807) is 7.11 Å². The Morgan fingerprint density at radius 3 is 2.71 bits per heavy atom. The number of likely N-dealkylation sites (tertiary alicyclic amines) is 1. The third-order valence-corrected chi connectivity index (χ3v) is 3.95. The summed E-state index contributed by atoms with van der Waals surface area (Å²) >= 11 is 0. The highest BCUT2D eigenvalue weighted by molar-refractivity contribution is 5.81. The van der Waals surface area contributed by atoms with Crippen molar-refractivity contribution in [2.24, 2.45) is 11.8 Å². The summed E-state index contributed by atoms with van der Waals surface area (Å²) in [6.07, 6.45) is 0. The van der Waals surface area contributed by atoms with Crippen molar-refractivity contribution in [1.29, 1.82) is 0 Å². The van der Waals surface area contributed by atoms with E-state index in [0.717, 1.165) is 38.0 Å². The smallest absolute Gasteiger partial charge is 0.237 e. The number of rotatable bonds is 5. The van der Waals surface area contributed by atoms with Crippen molar-refractivity contribution < 1.29 is 9.53 Å². The van der Waals surface area contributed by atoms with Crippen molar-refractivity contribution in [3.8, 4) is 0 Å². The van der Waals surface area contributed by atoms with Gasteiger partial charge in [0, 0.05) is 26.7 Å². The van der Waals surface area contributed by atoms with Crippen LogP contribution in [0.25, 0.3) is 0 Å². The quantitative estimate of drug-likeness (QED) is 0.624. The summed E-state index contributed by atoms with van der Waals surface area (Å²) < 4.78 is 4.92. The first-order chi connectivity index (χ1) is 8.22. The summed E-state index contributed by atoms with van der Waals surface area (Å²) in [7, 11) is 1.64. The van der Waals surface area contributed by atoms with E-state index in [9.17, 15) is 4.79 Å². The Morgan fingerprint density at radius 2 is 2.12 bits per heavy atom. The molecule has 3 atom stereocenters. The van der Waals surface area contributed by atoms with Crippen LogP contribution in [0, 0.1) is 11.8 Å². The average Bonchev–Trinajstić information content (AvgIpc) is 2.88. The standard InChI is InChI=1S/C12H23N3O2/c1-9(12(16)14-3-4-17-2)15-7-10-5-13-6-11(10)8-15/h9-11,13H,3-8H2,1-2H3,(H,14,16). The van der Waals surface area contributed by atoms with Gasteiger partial charge in [-0.3, -0.25) is 9.69 Å². The molecule has 3 unspecified atom stereocenters. The third kappa shape index (κ3) is 2.97. The maximum atomic E-state index is 11.9.